The van der Waals surface area contributed by atoms with Crippen LogP contribution in [0.5, 0.6) is 5.75 Å². The lowest BCUT2D eigenvalue weighted by Gasteiger charge is -2.47. The Morgan fingerprint density at radius 3 is 2.66 bits per heavy atom. The van der Waals surface area contributed by atoms with E-state index in [1.165, 1.54) is 10.9 Å². The summed E-state index contributed by atoms with van der Waals surface area (Å²) in [6, 6.07) is 11.7. The number of nitrogens with zero attached hydrogens (tertiary/aromatic N) is 3. The van der Waals surface area contributed by atoms with E-state index in [1.807, 2.05) is 23.1 Å². The number of benzene rings is 2. The molecule has 47 heavy (non-hydrogen) atoms. The second-order valence-corrected chi connectivity index (χ2v) is 14.8. The molecule has 2 aliphatic heterocycles. The van der Waals surface area contributed by atoms with E-state index in [-0.39, 0.29) is 34.5 Å². The highest BCUT2D eigenvalue weighted by Crippen LogP contribution is 2.34. The Bertz CT molecular complexity index is 1790. The van der Waals surface area contributed by atoms with Gasteiger partial charge in [-0.1, -0.05) is 54.6 Å². The molecule has 0 bridgehead atoms. The van der Waals surface area contributed by atoms with E-state index in [4.69, 9.17) is 4.74 Å². The molecule has 2 aromatic heterocycles. The number of ether oxygens (including phenoxy) is 1. The molecule has 2 saturated heterocycles. The minimum absolute atomic E-state index is 0.0606. The van der Waals surface area contributed by atoms with Crippen LogP contribution >= 0.6 is 22.7 Å². The molecule has 0 radical (unpaired) electrons. The number of nitroso groups, excluding NO2 is 1. The highest BCUT2D eigenvalue weighted by Gasteiger charge is 2.41. The predicted molar refractivity (Wildman–Crippen MR) is 183 cm³/mol. The van der Waals surface area contributed by atoms with Gasteiger partial charge in [-0.15, -0.1) is 11.3 Å². The first kappa shape index (κ1) is 33.4. The zero-order chi connectivity index (χ0) is 33.1. The third-order valence-electron chi connectivity index (χ3n) is 9.25. The van der Waals surface area contributed by atoms with Crippen molar-refractivity contribution in [2.75, 3.05) is 45.9 Å². The molecule has 6 rings (SSSR count). The molecule has 13 heteroatoms. The number of fused-ring (bicyclic) bond motifs is 1. The molecule has 250 valence electrons. The molecule has 1 amide bonds. The molecule has 0 saturated carbocycles. The van der Waals surface area contributed by atoms with Gasteiger partial charge in [0.05, 0.1) is 28.3 Å². The second kappa shape index (κ2) is 14.3. The van der Waals surface area contributed by atoms with Crippen molar-refractivity contribution in [3.05, 3.63) is 89.3 Å². The van der Waals surface area contributed by atoms with E-state index in [2.05, 4.69) is 40.3 Å². The Balaban J connectivity index is 1.00. The fourth-order valence-corrected chi connectivity index (χ4v) is 8.43. The van der Waals surface area contributed by atoms with Gasteiger partial charge >= 0.3 is 4.87 Å². The molecule has 2 aliphatic rings. The summed E-state index contributed by atoms with van der Waals surface area (Å²) in [6.07, 6.45) is 1.99. The Morgan fingerprint density at radius 1 is 1.13 bits per heavy atom. The van der Waals surface area contributed by atoms with Gasteiger partial charge in [0.1, 0.15) is 23.1 Å². The molecule has 1 unspecified atom stereocenters. The number of phenols is 1. The van der Waals surface area contributed by atoms with Gasteiger partial charge in [-0.2, -0.15) is 4.91 Å². The van der Waals surface area contributed by atoms with Gasteiger partial charge in [-0.05, 0) is 55.5 Å². The fraction of sp³-hybridized carbons (Fsp3) is 0.471. The number of aromatic nitrogens is 1. The average molecular weight is 682 g/mol. The highest BCUT2D eigenvalue weighted by atomic mass is 32.1. The number of H-pyrrole nitrogens is 1. The number of morpholine rings is 1. The number of nitrogens with one attached hydrogen (secondary N) is 2. The molecule has 2 fully saturated rings. The van der Waals surface area contributed by atoms with Gasteiger partial charge in [0.25, 0.3) is 5.91 Å². The zero-order valence-corrected chi connectivity index (χ0v) is 28.2. The van der Waals surface area contributed by atoms with Crippen LogP contribution in [0.25, 0.3) is 10.2 Å². The van der Waals surface area contributed by atoms with Gasteiger partial charge in [-0.3, -0.25) is 14.5 Å². The van der Waals surface area contributed by atoms with Crippen molar-refractivity contribution in [2.45, 2.75) is 57.2 Å². The summed E-state index contributed by atoms with van der Waals surface area (Å²) < 4.78 is 22.4. The van der Waals surface area contributed by atoms with Crippen LogP contribution in [0.15, 0.2) is 52.4 Å². The number of thiophene rings is 1. The number of thiazole rings is 1. The largest absolute Gasteiger partial charge is 0.506 e. The first-order valence-corrected chi connectivity index (χ1v) is 17.7. The van der Waals surface area contributed by atoms with E-state index in [9.17, 15) is 19.6 Å². The van der Waals surface area contributed by atoms with Crippen molar-refractivity contribution < 1.29 is 19.0 Å². The summed E-state index contributed by atoms with van der Waals surface area (Å²) in [5.41, 5.74) is 1.72. The van der Waals surface area contributed by atoms with Crippen molar-refractivity contribution in [3.63, 3.8) is 0 Å². The predicted octanol–water partition coefficient (Wildman–Crippen LogP) is 5.77. The molecule has 4 aromatic rings. The van der Waals surface area contributed by atoms with Gasteiger partial charge in [-0.25, -0.2) is 4.39 Å². The molecule has 0 aliphatic carbocycles. The lowest BCUT2D eigenvalue weighted by Crippen LogP contribution is -2.57. The van der Waals surface area contributed by atoms with Crippen LogP contribution < -0.4 is 10.2 Å². The summed E-state index contributed by atoms with van der Waals surface area (Å²) in [5.74, 6) is 0.192. The lowest BCUT2D eigenvalue weighted by atomic mass is 9.89. The van der Waals surface area contributed by atoms with Crippen LogP contribution in [0, 0.1) is 10.7 Å². The Morgan fingerprint density at radius 2 is 1.91 bits per heavy atom. The van der Waals surface area contributed by atoms with Crippen molar-refractivity contribution >= 4 is 38.8 Å². The summed E-state index contributed by atoms with van der Waals surface area (Å²) in [7, 11) is 0. The molecule has 3 N–H and O–H groups in total. The Labute approximate surface area is 280 Å². The van der Waals surface area contributed by atoms with E-state index >= 15 is 4.39 Å². The molecule has 10 nitrogen and oxygen atoms in total. The van der Waals surface area contributed by atoms with Crippen molar-refractivity contribution in [2.24, 2.45) is 5.18 Å². The van der Waals surface area contributed by atoms with Crippen LogP contribution in [-0.2, 0) is 17.7 Å². The lowest BCUT2D eigenvalue weighted by molar-refractivity contribution is -0.127. The summed E-state index contributed by atoms with van der Waals surface area (Å²) in [4.78, 5) is 45.3. The van der Waals surface area contributed by atoms with Crippen LogP contribution in [0.3, 0.4) is 0 Å². The number of carbonyl (C=O) groups excluding carboxylic acids is 1. The first-order chi connectivity index (χ1) is 22.7. The molecular formula is C34H40FN5O5S2. The van der Waals surface area contributed by atoms with Gasteiger partial charge in [0.2, 0.25) is 0 Å². The molecule has 1 spiro atoms. The number of likely N-dealkylation sites (tertiary alicyclic amines) is 1. The van der Waals surface area contributed by atoms with Gasteiger partial charge in [0, 0.05) is 48.7 Å². The third kappa shape index (κ3) is 7.34. The normalized spacial score (nSPS) is 17.5. The number of amides is 1. The van der Waals surface area contributed by atoms with Crippen LogP contribution in [0.4, 0.5) is 4.39 Å². The quantitative estimate of drug-likeness (QED) is 0.136. The van der Waals surface area contributed by atoms with Gasteiger partial charge < -0.3 is 25.0 Å². The number of aromatic hydroxyl groups is 1. The van der Waals surface area contributed by atoms with Crippen molar-refractivity contribution in [1.29, 1.82) is 0 Å². The van der Waals surface area contributed by atoms with E-state index in [0.717, 1.165) is 42.1 Å². The number of halogens is 1. The van der Waals surface area contributed by atoms with E-state index < -0.39 is 6.04 Å². The number of hydrogen-bond acceptors (Lipinski definition) is 10. The SMILES string of the molecule is CC(C)c1ccc(C(=O)N2CCOC3(CCN(Cc4cccc(CCNCC(N=O)c5ccc(O)c6[nH]c(=O)sc56)c4F)CC3)C2)s1. The maximum absolute atomic E-state index is 15.6. The van der Waals surface area contributed by atoms with Crippen molar-refractivity contribution in [3.8, 4) is 5.75 Å². The Kier molecular flexibility index (Phi) is 10.2. The number of piperidine rings is 1. The number of rotatable bonds is 11. The molecule has 4 heterocycles. The smallest absolute Gasteiger partial charge is 0.305 e. The van der Waals surface area contributed by atoms with Crippen LogP contribution in [0.2, 0.25) is 0 Å². The Hall–Kier alpha value is -3.49. The maximum Gasteiger partial charge on any atom is 0.305 e. The minimum atomic E-state index is -0.769. The topological polar surface area (TPSA) is 127 Å². The zero-order valence-electron chi connectivity index (χ0n) is 26.6. The summed E-state index contributed by atoms with van der Waals surface area (Å²) in [5, 5.41) is 16.5. The minimum Gasteiger partial charge on any atom is -0.506 e. The second-order valence-electron chi connectivity index (χ2n) is 12.7. The standard InChI is InChI=1S/C34H40FN5O5S2/c1-21(2)27-8-9-28(46-27)32(42)40-16-17-45-34(20-40)11-14-39(15-12-34)19-23-5-3-4-22(29(23)35)10-13-36-18-25(38-44)24-6-7-26(41)30-31(24)47-33(43)37-30/h3-9,21,25,36,41H,10-20H2,1-2H3,(H,37,43). The van der Waals surface area contributed by atoms with E-state index in [1.54, 1.807) is 23.5 Å². The molecule has 2 aromatic carbocycles. The van der Waals surface area contributed by atoms with Gasteiger partial charge in [0.15, 0.2) is 0 Å². The van der Waals surface area contributed by atoms with Crippen molar-refractivity contribution in [1.82, 2.24) is 20.1 Å². The summed E-state index contributed by atoms with van der Waals surface area (Å²) >= 11 is 2.50. The number of aromatic amines is 1. The fourth-order valence-electron chi connectivity index (χ4n) is 6.53. The number of hydrogen-bond donors (Lipinski definition) is 3. The number of carbonyl (C=O) groups is 1. The molecular weight excluding hydrogens is 642 g/mol. The number of phenolic OH excluding ortho intramolecular Hbond substituents is 1. The average Bonchev–Trinajstić information content (AvgIpc) is 3.72. The summed E-state index contributed by atoms with van der Waals surface area (Å²) in [6.45, 7) is 8.61. The van der Waals surface area contributed by atoms with E-state index in [0.29, 0.717) is 72.0 Å². The highest BCUT2D eigenvalue weighted by molar-refractivity contribution is 7.16. The van der Waals surface area contributed by atoms with Crippen LogP contribution in [0.1, 0.15) is 69.9 Å². The monoisotopic (exact) mass is 681 g/mol. The maximum atomic E-state index is 15.6. The van der Waals surface area contributed by atoms with Crippen LogP contribution in [-0.4, -0.2) is 77.3 Å². The third-order valence-corrected chi connectivity index (χ3v) is 11.6. The first-order valence-electron chi connectivity index (χ1n) is 16.1. The molecule has 1 atom stereocenters.